The lowest BCUT2D eigenvalue weighted by atomic mass is 9.81. The summed E-state index contributed by atoms with van der Waals surface area (Å²) in [5, 5.41) is 10.4. The highest BCUT2D eigenvalue weighted by Gasteiger charge is 2.26. The van der Waals surface area contributed by atoms with E-state index in [9.17, 15) is 5.11 Å². The Kier molecular flexibility index (Phi) is 3.58. The Morgan fingerprint density at radius 1 is 1.06 bits per heavy atom. The Bertz CT molecular complexity index is 373. The van der Waals surface area contributed by atoms with Gasteiger partial charge in [-0.05, 0) is 36.8 Å². The highest BCUT2D eigenvalue weighted by molar-refractivity contribution is 5.49. The molecule has 0 aromatic heterocycles. The molecule has 0 aliphatic rings. The van der Waals surface area contributed by atoms with Gasteiger partial charge in [-0.15, -0.1) is 0 Å². The van der Waals surface area contributed by atoms with Gasteiger partial charge in [-0.2, -0.15) is 0 Å². The highest BCUT2D eigenvalue weighted by atomic mass is 16.3. The van der Waals surface area contributed by atoms with Gasteiger partial charge in [0.15, 0.2) is 0 Å². The molecule has 0 unspecified atom stereocenters. The second kappa shape index (κ2) is 4.34. The van der Waals surface area contributed by atoms with E-state index in [0.717, 1.165) is 17.5 Å². The molecule has 0 bridgehead atoms. The Balaban J connectivity index is 3.53. The molecule has 1 rings (SSSR count). The summed E-state index contributed by atoms with van der Waals surface area (Å²) in [5.41, 5.74) is 8.58. The van der Waals surface area contributed by atoms with Gasteiger partial charge in [0.2, 0.25) is 0 Å². The molecule has 0 radical (unpaired) electrons. The monoisotopic (exact) mass is 235 g/mol. The number of hydrogen-bond donors (Lipinski definition) is 2. The van der Waals surface area contributed by atoms with Crippen LogP contribution < -0.4 is 5.73 Å². The van der Waals surface area contributed by atoms with E-state index in [2.05, 4.69) is 33.8 Å². The van der Waals surface area contributed by atoms with E-state index in [4.69, 9.17) is 5.73 Å². The third kappa shape index (κ3) is 3.01. The van der Waals surface area contributed by atoms with Gasteiger partial charge in [0, 0.05) is 11.1 Å². The maximum Gasteiger partial charge on any atom is 0.124 e. The summed E-state index contributed by atoms with van der Waals surface area (Å²) in [5.74, 6) is 0.349. The topological polar surface area (TPSA) is 46.2 Å². The summed E-state index contributed by atoms with van der Waals surface area (Å²) in [6.45, 7) is 12.3. The molecule has 0 amide bonds. The van der Waals surface area contributed by atoms with Gasteiger partial charge in [0.25, 0.3) is 0 Å². The number of phenols is 1. The van der Waals surface area contributed by atoms with Gasteiger partial charge in [0.05, 0.1) is 0 Å². The van der Waals surface area contributed by atoms with E-state index < -0.39 is 5.54 Å². The number of aryl methyl sites for hydroxylation is 1. The van der Waals surface area contributed by atoms with Crippen LogP contribution in [0.2, 0.25) is 0 Å². The van der Waals surface area contributed by atoms with Crippen molar-refractivity contribution >= 4 is 0 Å². The zero-order valence-corrected chi connectivity index (χ0v) is 11.9. The summed E-state index contributed by atoms with van der Waals surface area (Å²) in [6.07, 6.45) is 0.951. The fourth-order valence-electron chi connectivity index (χ4n) is 1.96. The summed E-state index contributed by atoms with van der Waals surface area (Å²) < 4.78 is 0. The number of rotatable bonds is 2. The van der Waals surface area contributed by atoms with Crippen LogP contribution in [0.25, 0.3) is 0 Å². The molecular formula is C15H25NO. The Hall–Kier alpha value is -1.02. The van der Waals surface area contributed by atoms with Crippen LogP contribution in [-0.4, -0.2) is 5.11 Å². The molecule has 0 spiro atoms. The van der Waals surface area contributed by atoms with Crippen molar-refractivity contribution in [2.24, 2.45) is 5.73 Å². The average Bonchev–Trinajstić information content (AvgIpc) is 2.14. The van der Waals surface area contributed by atoms with Gasteiger partial charge in [0.1, 0.15) is 5.75 Å². The SMILES string of the molecule is CCc1cc(C(C)(C)C)c(O)c(C(C)(C)N)c1. The van der Waals surface area contributed by atoms with Crippen molar-refractivity contribution in [1.82, 2.24) is 0 Å². The van der Waals surface area contributed by atoms with Crippen LogP contribution in [0, 0.1) is 0 Å². The third-order valence-electron chi connectivity index (χ3n) is 3.08. The Labute approximate surface area is 105 Å². The molecule has 0 aliphatic heterocycles. The molecule has 1 aromatic carbocycles. The quantitative estimate of drug-likeness (QED) is 0.824. The molecule has 0 fully saturated rings. The van der Waals surface area contributed by atoms with Crippen molar-refractivity contribution in [1.29, 1.82) is 0 Å². The first-order valence-corrected chi connectivity index (χ1v) is 6.23. The standard InChI is InChI=1S/C15H25NO/c1-7-10-8-11(14(2,3)4)13(17)12(9-10)15(5,6)16/h8-9,17H,7,16H2,1-6H3. The predicted molar refractivity (Wildman–Crippen MR) is 73.4 cm³/mol. The molecule has 2 nitrogen and oxygen atoms in total. The van der Waals surface area contributed by atoms with Crippen LogP contribution in [0.3, 0.4) is 0 Å². The number of phenolic OH excluding ortho intramolecular Hbond substituents is 1. The van der Waals surface area contributed by atoms with Crippen LogP contribution in [0.5, 0.6) is 5.75 Å². The minimum atomic E-state index is -0.519. The number of benzene rings is 1. The molecule has 0 atom stereocenters. The van der Waals surface area contributed by atoms with Gasteiger partial charge in [-0.1, -0.05) is 39.8 Å². The molecule has 0 aliphatic carbocycles. The lowest BCUT2D eigenvalue weighted by Crippen LogP contribution is -2.29. The molecule has 0 saturated carbocycles. The van der Waals surface area contributed by atoms with E-state index in [1.165, 1.54) is 5.56 Å². The van der Waals surface area contributed by atoms with Crippen LogP contribution in [-0.2, 0) is 17.4 Å². The van der Waals surface area contributed by atoms with Gasteiger partial charge >= 0.3 is 0 Å². The largest absolute Gasteiger partial charge is 0.507 e. The van der Waals surface area contributed by atoms with E-state index in [0.29, 0.717) is 5.75 Å². The molecular weight excluding hydrogens is 210 g/mol. The Morgan fingerprint density at radius 2 is 1.53 bits per heavy atom. The second-order valence-electron chi connectivity index (χ2n) is 6.36. The van der Waals surface area contributed by atoms with Crippen molar-refractivity contribution in [3.63, 3.8) is 0 Å². The highest BCUT2D eigenvalue weighted by Crippen LogP contribution is 2.38. The van der Waals surface area contributed by atoms with E-state index in [1.807, 2.05) is 19.9 Å². The predicted octanol–water partition coefficient (Wildman–Crippen LogP) is 3.45. The molecule has 0 saturated heterocycles. The second-order valence-corrected chi connectivity index (χ2v) is 6.36. The lowest BCUT2D eigenvalue weighted by Gasteiger charge is -2.28. The summed E-state index contributed by atoms with van der Waals surface area (Å²) in [7, 11) is 0. The molecule has 96 valence electrons. The first-order valence-electron chi connectivity index (χ1n) is 6.23. The van der Waals surface area contributed by atoms with Crippen molar-refractivity contribution in [3.8, 4) is 5.75 Å². The normalized spacial score (nSPS) is 12.9. The lowest BCUT2D eigenvalue weighted by molar-refractivity contribution is 0.418. The van der Waals surface area contributed by atoms with Crippen LogP contribution in [0.4, 0.5) is 0 Å². The van der Waals surface area contributed by atoms with E-state index in [1.54, 1.807) is 0 Å². The third-order valence-corrected chi connectivity index (χ3v) is 3.08. The average molecular weight is 235 g/mol. The van der Waals surface area contributed by atoms with Gasteiger partial charge in [-0.3, -0.25) is 0 Å². The summed E-state index contributed by atoms with van der Waals surface area (Å²) in [4.78, 5) is 0. The number of aromatic hydroxyl groups is 1. The molecule has 3 N–H and O–H groups in total. The zero-order chi connectivity index (χ0) is 13.4. The number of nitrogens with two attached hydrogens (primary N) is 1. The van der Waals surface area contributed by atoms with E-state index in [-0.39, 0.29) is 5.41 Å². The van der Waals surface area contributed by atoms with Crippen molar-refractivity contribution in [2.45, 2.75) is 58.9 Å². The maximum atomic E-state index is 10.4. The van der Waals surface area contributed by atoms with Crippen molar-refractivity contribution in [3.05, 3.63) is 28.8 Å². The molecule has 17 heavy (non-hydrogen) atoms. The minimum Gasteiger partial charge on any atom is -0.507 e. The first kappa shape index (κ1) is 14.0. The van der Waals surface area contributed by atoms with Crippen molar-refractivity contribution in [2.75, 3.05) is 0 Å². The molecule has 1 aromatic rings. The summed E-state index contributed by atoms with van der Waals surface area (Å²) >= 11 is 0. The van der Waals surface area contributed by atoms with Crippen LogP contribution in [0.1, 0.15) is 58.2 Å². The fourth-order valence-corrected chi connectivity index (χ4v) is 1.96. The van der Waals surface area contributed by atoms with Crippen LogP contribution >= 0.6 is 0 Å². The number of hydrogen-bond acceptors (Lipinski definition) is 2. The first-order chi connectivity index (χ1) is 7.57. The van der Waals surface area contributed by atoms with Crippen LogP contribution in [0.15, 0.2) is 12.1 Å². The molecule has 2 heteroatoms. The van der Waals surface area contributed by atoms with Gasteiger partial charge < -0.3 is 10.8 Å². The minimum absolute atomic E-state index is 0.0741. The van der Waals surface area contributed by atoms with E-state index >= 15 is 0 Å². The van der Waals surface area contributed by atoms with Gasteiger partial charge in [-0.25, -0.2) is 0 Å². The zero-order valence-electron chi connectivity index (χ0n) is 11.9. The fraction of sp³-hybridized carbons (Fsp3) is 0.600. The Morgan fingerprint density at radius 3 is 1.88 bits per heavy atom. The smallest absolute Gasteiger partial charge is 0.124 e. The summed E-state index contributed by atoms with van der Waals surface area (Å²) in [6, 6.07) is 4.11. The maximum absolute atomic E-state index is 10.4. The molecule has 0 heterocycles. The van der Waals surface area contributed by atoms with Crippen molar-refractivity contribution < 1.29 is 5.11 Å².